The summed E-state index contributed by atoms with van der Waals surface area (Å²) in [5.41, 5.74) is -0.382. The summed E-state index contributed by atoms with van der Waals surface area (Å²) in [5.74, 6) is -1.88. The zero-order valence-corrected chi connectivity index (χ0v) is 19.5. The second-order valence-corrected chi connectivity index (χ2v) is 9.58. The highest BCUT2D eigenvalue weighted by Crippen LogP contribution is 2.40. The number of aromatic nitrogens is 3. The van der Waals surface area contributed by atoms with Gasteiger partial charge in [-0.05, 0) is 24.5 Å². The molecule has 1 unspecified atom stereocenters. The molecule has 0 spiro atoms. The van der Waals surface area contributed by atoms with E-state index in [1.165, 1.54) is 7.11 Å². The number of para-hydroxylation sites is 1. The molecule has 1 aliphatic rings. The van der Waals surface area contributed by atoms with E-state index in [1.807, 2.05) is 29.2 Å². The number of carbonyl (C=O) groups excluding carboxylic acids is 1. The van der Waals surface area contributed by atoms with E-state index >= 15 is 0 Å². The number of ether oxygens (including phenoxy) is 2. The lowest BCUT2D eigenvalue weighted by Crippen LogP contribution is -2.38. The van der Waals surface area contributed by atoms with E-state index < -0.39 is 49.2 Å². The van der Waals surface area contributed by atoms with Crippen LogP contribution in [0.15, 0.2) is 46.2 Å². The Morgan fingerprint density at radius 1 is 1.37 bits per heavy atom. The molecule has 1 aromatic carbocycles. The molecular formula is C21H24FN4O8P. The van der Waals surface area contributed by atoms with Crippen molar-refractivity contribution in [1.29, 1.82) is 0 Å². The van der Waals surface area contributed by atoms with Crippen LogP contribution in [0, 0.1) is 5.82 Å². The Bertz CT molecular complexity index is 1390. The van der Waals surface area contributed by atoms with Crippen molar-refractivity contribution in [3.05, 3.63) is 68.9 Å². The van der Waals surface area contributed by atoms with Gasteiger partial charge in [0, 0.05) is 23.5 Å². The molecule has 1 saturated heterocycles. The fourth-order valence-electron chi connectivity index (χ4n) is 3.95. The summed E-state index contributed by atoms with van der Waals surface area (Å²) in [6.45, 7) is -0.334. The van der Waals surface area contributed by atoms with Crippen molar-refractivity contribution in [3.63, 3.8) is 0 Å². The smallest absolute Gasteiger partial charge is 0.403 e. The summed E-state index contributed by atoms with van der Waals surface area (Å²) in [4.78, 5) is 50.7. The Hall–Kier alpha value is -3.09. The number of H-pyrrole nitrogens is 2. The Balaban J connectivity index is 1.38. The van der Waals surface area contributed by atoms with Crippen LogP contribution in [0.5, 0.6) is 0 Å². The van der Waals surface area contributed by atoms with Crippen LogP contribution in [-0.4, -0.2) is 51.3 Å². The summed E-state index contributed by atoms with van der Waals surface area (Å²) >= 11 is 0. The molecule has 4 atom stereocenters. The average molecular weight is 510 g/mol. The molecule has 0 saturated carbocycles. The first-order chi connectivity index (χ1) is 16.7. The topological polar surface area (TPSA) is 165 Å². The van der Waals surface area contributed by atoms with Gasteiger partial charge in [-0.1, -0.05) is 18.2 Å². The molecule has 2 aromatic heterocycles. The van der Waals surface area contributed by atoms with Crippen molar-refractivity contribution < 1.29 is 32.6 Å². The van der Waals surface area contributed by atoms with Gasteiger partial charge in [0.1, 0.15) is 12.3 Å². The molecule has 0 bridgehead atoms. The molecule has 0 aliphatic carbocycles. The van der Waals surface area contributed by atoms with Gasteiger partial charge in [-0.2, -0.15) is 4.39 Å². The summed E-state index contributed by atoms with van der Waals surface area (Å²) in [6, 6.07) is 6.25. The predicted molar refractivity (Wildman–Crippen MR) is 121 cm³/mol. The summed E-state index contributed by atoms with van der Waals surface area (Å²) < 4.78 is 42.7. The lowest BCUT2D eigenvalue weighted by molar-refractivity contribution is -0.142. The molecule has 1 fully saturated rings. The van der Waals surface area contributed by atoms with Crippen LogP contribution in [0.2, 0.25) is 0 Å². The lowest BCUT2D eigenvalue weighted by atomic mass is 10.1. The maximum absolute atomic E-state index is 13.6. The number of esters is 1. The van der Waals surface area contributed by atoms with E-state index in [0.29, 0.717) is 6.42 Å². The molecule has 4 rings (SSSR count). The minimum Gasteiger partial charge on any atom is -0.468 e. The number of fused-ring (bicyclic) bond motifs is 1. The number of methoxy groups -OCH3 is 1. The van der Waals surface area contributed by atoms with Gasteiger partial charge >= 0.3 is 19.4 Å². The van der Waals surface area contributed by atoms with Crippen LogP contribution < -0.4 is 16.3 Å². The minimum atomic E-state index is -4.48. The van der Waals surface area contributed by atoms with Crippen molar-refractivity contribution in [2.24, 2.45) is 0 Å². The van der Waals surface area contributed by atoms with Crippen molar-refractivity contribution >= 4 is 24.6 Å². The number of nitrogens with zero attached hydrogens (tertiary/aromatic N) is 1. The van der Waals surface area contributed by atoms with E-state index in [1.54, 1.807) is 6.20 Å². The number of halogens is 1. The first-order valence-corrected chi connectivity index (χ1v) is 12.3. The Morgan fingerprint density at radius 3 is 2.91 bits per heavy atom. The van der Waals surface area contributed by atoms with Gasteiger partial charge in [-0.25, -0.2) is 14.4 Å². The Morgan fingerprint density at radius 2 is 2.14 bits per heavy atom. The van der Waals surface area contributed by atoms with Crippen molar-refractivity contribution in [1.82, 2.24) is 19.6 Å². The molecule has 12 nitrogen and oxygen atoms in total. The second kappa shape index (κ2) is 10.3. The van der Waals surface area contributed by atoms with Crippen LogP contribution in [0.25, 0.3) is 10.9 Å². The second-order valence-electron chi connectivity index (χ2n) is 8.02. The zero-order valence-electron chi connectivity index (χ0n) is 18.6. The number of carbonyl (C=O) groups is 1. The van der Waals surface area contributed by atoms with Gasteiger partial charge in [-0.15, -0.1) is 0 Å². The summed E-state index contributed by atoms with van der Waals surface area (Å²) in [7, 11) is -3.31. The Kier molecular flexibility index (Phi) is 7.33. The van der Waals surface area contributed by atoms with E-state index in [4.69, 9.17) is 14.0 Å². The van der Waals surface area contributed by atoms with Crippen LogP contribution in [0.3, 0.4) is 0 Å². The standard InChI is InChI=1S/C21H24FN4O8P/c1-32-20(28)17(8-12-9-23-16-5-3-2-4-14(12)16)25-35(30,31)33-11-13-6-7-18(34-13)26-10-15(22)19(27)24-21(26)29/h2-5,9-10,13,17-18,23H,6-8,11H2,1H3,(H,24,27,29)(H2,25,30,31)/t13-,17-,18+/m0/s1. The molecule has 3 aromatic rings. The van der Waals surface area contributed by atoms with E-state index in [9.17, 15) is 28.2 Å². The highest BCUT2D eigenvalue weighted by Gasteiger charge is 2.34. The van der Waals surface area contributed by atoms with Gasteiger partial charge in [0.15, 0.2) is 0 Å². The number of rotatable bonds is 9. The molecule has 1 aliphatic heterocycles. The quantitative estimate of drug-likeness (QED) is 0.245. The largest absolute Gasteiger partial charge is 0.468 e. The molecule has 0 amide bonds. The maximum atomic E-state index is 13.6. The third-order valence-corrected chi connectivity index (χ3v) is 6.80. The van der Waals surface area contributed by atoms with Crippen LogP contribution in [-0.2, 0) is 29.8 Å². The number of aromatic amines is 2. The number of hydrogen-bond donors (Lipinski definition) is 4. The predicted octanol–water partition coefficient (Wildman–Crippen LogP) is 1.33. The number of nitrogens with one attached hydrogen (secondary N) is 3. The molecule has 4 N–H and O–H groups in total. The molecule has 14 heteroatoms. The summed E-state index contributed by atoms with van der Waals surface area (Å²) in [5, 5.41) is 3.19. The normalized spacial score (nSPS) is 20.5. The fourth-order valence-corrected chi connectivity index (χ4v) is 4.98. The van der Waals surface area contributed by atoms with Gasteiger partial charge < -0.3 is 19.4 Å². The fraction of sp³-hybridized carbons (Fsp3) is 0.381. The van der Waals surface area contributed by atoms with E-state index in [0.717, 1.165) is 27.2 Å². The zero-order chi connectivity index (χ0) is 25.2. The van der Waals surface area contributed by atoms with Crippen molar-refractivity contribution in [2.75, 3.05) is 13.7 Å². The average Bonchev–Trinajstić information content (AvgIpc) is 3.46. The maximum Gasteiger partial charge on any atom is 0.403 e. The van der Waals surface area contributed by atoms with Crippen LogP contribution in [0.4, 0.5) is 4.39 Å². The van der Waals surface area contributed by atoms with E-state index in [-0.39, 0.29) is 19.4 Å². The summed E-state index contributed by atoms with van der Waals surface area (Å²) in [6.07, 6.45) is 1.58. The molecule has 3 heterocycles. The Labute approximate surface area is 197 Å². The van der Waals surface area contributed by atoms with Crippen molar-refractivity contribution in [3.8, 4) is 0 Å². The molecule has 35 heavy (non-hydrogen) atoms. The highest BCUT2D eigenvalue weighted by molar-refractivity contribution is 7.50. The minimum absolute atomic E-state index is 0.0628. The monoisotopic (exact) mass is 510 g/mol. The number of benzene rings is 1. The van der Waals surface area contributed by atoms with E-state index in [2.05, 4.69) is 10.1 Å². The number of hydrogen-bond acceptors (Lipinski definition) is 7. The molecule has 0 radical (unpaired) electrons. The van der Waals surface area contributed by atoms with Crippen LogP contribution in [0.1, 0.15) is 24.6 Å². The van der Waals surface area contributed by atoms with Gasteiger partial charge in [0.05, 0.1) is 26.0 Å². The third-order valence-electron chi connectivity index (χ3n) is 5.66. The first kappa shape index (κ1) is 25.0. The van der Waals surface area contributed by atoms with Gasteiger partial charge in [0.25, 0.3) is 5.56 Å². The van der Waals surface area contributed by atoms with Crippen molar-refractivity contribution in [2.45, 2.75) is 37.6 Å². The molecular weight excluding hydrogens is 486 g/mol. The third kappa shape index (κ3) is 5.77. The highest BCUT2D eigenvalue weighted by atomic mass is 31.2. The van der Waals surface area contributed by atoms with Gasteiger partial charge in [0.2, 0.25) is 5.82 Å². The lowest BCUT2D eigenvalue weighted by Gasteiger charge is -2.21. The SMILES string of the molecule is COC(=O)[C@H](Cc1c[nH]c2ccccc12)NP(=O)(O)OC[C@@H]1CC[C@H](n2cc(F)c(=O)[nH]c2=O)O1. The molecule has 188 valence electrons. The first-order valence-electron chi connectivity index (χ1n) is 10.7. The van der Waals surface area contributed by atoms with Gasteiger partial charge in [-0.3, -0.25) is 23.7 Å². The van der Waals surface area contributed by atoms with Crippen LogP contribution >= 0.6 is 7.75 Å².